The van der Waals surface area contributed by atoms with E-state index in [1.165, 1.54) is 5.56 Å². The van der Waals surface area contributed by atoms with Crippen molar-refractivity contribution in [2.24, 2.45) is 0 Å². The van der Waals surface area contributed by atoms with Crippen LogP contribution in [0.5, 0.6) is 11.5 Å². The van der Waals surface area contributed by atoms with E-state index in [9.17, 15) is 5.11 Å². The summed E-state index contributed by atoms with van der Waals surface area (Å²) in [5.41, 5.74) is 2.39. The van der Waals surface area contributed by atoms with Crippen LogP contribution in [0.2, 0.25) is 5.02 Å². The Morgan fingerprint density at radius 2 is 1.68 bits per heavy atom. The third-order valence-electron chi connectivity index (χ3n) is 5.29. The van der Waals surface area contributed by atoms with Crippen molar-refractivity contribution in [1.82, 2.24) is 9.80 Å². The standard InChI is InChI=1S/C24H31ClN2O3.ClH/c1-3-4-19-7-10-23(24(15-19)29-2)30-18-22(28)17-27-13-11-26(12-14-27)16-20-5-8-21(25)9-6-20;/h3,5-10,15,22,28H,1,4,11-14,16-18H2,2H3;1H. The quantitative estimate of drug-likeness (QED) is 0.534. The minimum atomic E-state index is -0.551. The summed E-state index contributed by atoms with van der Waals surface area (Å²) < 4.78 is 11.2. The van der Waals surface area contributed by atoms with Gasteiger partial charge in [-0.2, -0.15) is 0 Å². The monoisotopic (exact) mass is 466 g/mol. The number of benzene rings is 2. The molecule has 0 bridgehead atoms. The van der Waals surface area contributed by atoms with Crippen molar-refractivity contribution in [2.45, 2.75) is 19.1 Å². The number of allylic oxidation sites excluding steroid dienone is 1. The number of β-amino-alcohol motifs (C(OH)–C–C–N with tert-alkyl or cyclic N) is 1. The van der Waals surface area contributed by atoms with Crippen molar-refractivity contribution < 1.29 is 14.6 Å². The number of halogens is 2. The highest BCUT2D eigenvalue weighted by molar-refractivity contribution is 6.30. The number of nitrogens with zero attached hydrogens (tertiary/aromatic N) is 2. The van der Waals surface area contributed by atoms with Gasteiger partial charge in [-0.1, -0.05) is 35.9 Å². The Morgan fingerprint density at radius 1 is 1.03 bits per heavy atom. The molecule has 0 amide bonds. The molecule has 0 radical (unpaired) electrons. The predicted molar refractivity (Wildman–Crippen MR) is 129 cm³/mol. The molecule has 31 heavy (non-hydrogen) atoms. The Morgan fingerprint density at radius 3 is 2.32 bits per heavy atom. The highest BCUT2D eigenvalue weighted by Gasteiger charge is 2.20. The molecule has 1 heterocycles. The number of hydrogen-bond acceptors (Lipinski definition) is 5. The summed E-state index contributed by atoms with van der Waals surface area (Å²) in [6.07, 6.45) is 2.09. The molecule has 0 aliphatic carbocycles. The highest BCUT2D eigenvalue weighted by atomic mass is 35.5. The van der Waals surface area contributed by atoms with Crippen LogP contribution in [0, 0.1) is 0 Å². The first kappa shape index (κ1) is 25.5. The molecule has 7 heteroatoms. The summed E-state index contributed by atoms with van der Waals surface area (Å²) in [6, 6.07) is 13.9. The van der Waals surface area contributed by atoms with E-state index in [-0.39, 0.29) is 19.0 Å². The molecule has 1 fully saturated rings. The molecule has 1 atom stereocenters. The van der Waals surface area contributed by atoms with Gasteiger partial charge >= 0.3 is 0 Å². The van der Waals surface area contributed by atoms with Crippen LogP contribution in [-0.2, 0) is 13.0 Å². The molecule has 0 spiro atoms. The van der Waals surface area contributed by atoms with E-state index in [0.29, 0.717) is 18.0 Å². The van der Waals surface area contributed by atoms with Gasteiger partial charge < -0.3 is 14.6 Å². The lowest BCUT2D eigenvalue weighted by molar-refractivity contribution is 0.0440. The first-order valence-electron chi connectivity index (χ1n) is 10.3. The molecule has 2 aromatic carbocycles. The molecule has 0 saturated carbocycles. The highest BCUT2D eigenvalue weighted by Crippen LogP contribution is 2.28. The van der Waals surface area contributed by atoms with Crippen molar-refractivity contribution in [1.29, 1.82) is 0 Å². The first-order valence-corrected chi connectivity index (χ1v) is 10.7. The topological polar surface area (TPSA) is 45.2 Å². The lowest BCUT2D eigenvalue weighted by Crippen LogP contribution is -2.48. The van der Waals surface area contributed by atoms with E-state index < -0.39 is 6.10 Å². The van der Waals surface area contributed by atoms with Gasteiger partial charge in [0.1, 0.15) is 12.7 Å². The van der Waals surface area contributed by atoms with E-state index in [2.05, 4.69) is 28.5 Å². The molecule has 5 nitrogen and oxygen atoms in total. The lowest BCUT2D eigenvalue weighted by Gasteiger charge is -2.35. The lowest BCUT2D eigenvalue weighted by atomic mass is 10.1. The number of rotatable bonds is 10. The summed E-state index contributed by atoms with van der Waals surface area (Å²) in [7, 11) is 1.62. The summed E-state index contributed by atoms with van der Waals surface area (Å²) in [5, 5.41) is 11.2. The van der Waals surface area contributed by atoms with Crippen LogP contribution in [0.3, 0.4) is 0 Å². The van der Waals surface area contributed by atoms with Gasteiger partial charge in [-0.3, -0.25) is 9.80 Å². The van der Waals surface area contributed by atoms with E-state index in [4.69, 9.17) is 21.1 Å². The maximum atomic E-state index is 10.4. The average Bonchev–Trinajstić information content (AvgIpc) is 2.76. The van der Waals surface area contributed by atoms with Gasteiger partial charge in [0, 0.05) is 44.3 Å². The van der Waals surface area contributed by atoms with Crippen molar-refractivity contribution in [3.05, 3.63) is 71.3 Å². The molecule has 0 aromatic heterocycles. The third-order valence-corrected chi connectivity index (χ3v) is 5.54. The summed E-state index contributed by atoms with van der Waals surface area (Å²) in [6.45, 7) is 9.36. The average molecular weight is 467 g/mol. The van der Waals surface area contributed by atoms with Gasteiger partial charge in [0.2, 0.25) is 0 Å². The normalized spacial score (nSPS) is 15.7. The molecule has 1 N–H and O–H groups in total. The fourth-order valence-electron chi connectivity index (χ4n) is 3.64. The largest absolute Gasteiger partial charge is 0.493 e. The maximum Gasteiger partial charge on any atom is 0.161 e. The Hall–Kier alpha value is -1.76. The molecule has 1 aliphatic rings. The number of methoxy groups -OCH3 is 1. The van der Waals surface area contributed by atoms with Gasteiger partial charge in [0.25, 0.3) is 0 Å². The SMILES string of the molecule is C=CCc1ccc(OCC(O)CN2CCN(Cc3ccc(Cl)cc3)CC2)c(OC)c1.Cl. The third kappa shape index (κ3) is 8.02. The number of ether oxygens (including phenoxy) is 2. The fraction of sp³-hybridized carbons (Fsp3) is 0.417. The number of aliphatic hydroxyl groups is 1. The second kappa shape index (κ2) is 12.9. The molecule has 3 rings (SSSR count). The van der Waals surface area contributed by atoms with E-state index in [1.54, 1.807) is 7.11 Å². The number of piperazine rings is 1. The smallest absolute Gasteiger partial charge is 0.161 e. The number of hydrogen-bond donors (Lipinski definition) is 1. The van der Waals surface area contributed by atoms with Gasteiger partial charge in [0.15, 0.2) is 11.5 Å². The zero-order chi connectivity index (χ0) is 21.3. The van der Waals surface area contributed by atoms with Crippen LogP contribution in [-0.4, -0.2) is 67.5 Å². The zero-order valence-electron chi connectivity index (χ0n) is 18.0. The van der Waals surface area contributed by atoms with Crippen molar-refractivity contribution >= 4 is 24.0 Å². The van der Waals surface area contributed by atoms with Crippen LogP contribution < -0.4 is 9.47 Å². The number of aliphatic hydroxyl groups excluding tert-OH is 1. The maximum absolute atomic E-state index is 10.4. The van der Waals surface area contributed by atoms with E-state index >= 15 is 0 Å². The van der Waals surface area contributed by atoms with Crippen molar-refractivity contribution in [2.75, 3.05) is 46.4 Å². The van der Waals surface area contributed by atoms with Crippen LogP contribution in [0.25, 0.3) is 0 Å². The van der Waals surface area contributed by atoms with Crippen molar-refractivity contribution in [3.63, 3.8) is 0 Å². The molecule has 1 unspecified atom stereocenters. The second-order valence-corrected chi connectivity index (χ2v) is 8.08. The molecular formula is C24H32Cl2N2O3. The summed E-state index contributed by atoms with van der Waals surface area (Å²) in [5.74, 6) is 1.33. The molecule has 1 saturated heterocycles. The van der Waals surface area contributed by atoms with Crippen molar-refractivity contribution in [3.8, 4) is 11.5 Å². The zero-order valence-corrected chi connectivity index (χ0v) is 19.6. The van der Waals surface area contributed by atoms with Gasteiger partial charge in [-0.15, -0.1) is 19.0 Å². The molecular weight excluding hydrogens is 435 g/mol. The second-order valence-electron chi connectivity index (χ2n) is 7.65. The summed E-state index contributed by atoms with van der Waals surface area (Å²) in [4.78, 5) is 4.72. The van der Waals surface area contributed by atoms with E-state index in [1.807, 2.05) is 36.4 Å². The fourth-order valence-corrected chi connectivity index (χ4v) is 3.77. The summed E-state index contributed by atoms with van der Waals surface area (Å²) >= 11 is 5.96. The Kier molecular flexibility index (Phi) is 10.6. The van der Waals surface area contributed by atoms with Gasteiger partial charge in [0.05, 0.1) is 7.11 Å². The van der Waals surface area contributed by atoms with Crippen LogP contribution >= 0.6 is 24.0 Å². The van der Waals surface area contributed by atoms with E-state index in [0.717, 1.165) is 49.7 Å². The van der Waals surface area contributed by atoms with Gasteiger partial charge in [-0.25, -0.2) is 0 Å². The first-order chi connectivity index (χ1) is 14.6. The van der Waals surface area contributed by atoms with Crippen LogP contribution in [0.15, 0.2) is 55.1 Å². The minimum Gasteiger partial charge on any atom is -0.493 e. The predicted octanol–water partition coefficient (Wildman–Crippen LogP) is 4.06. The van der Waals surface area contributed by atoms with Crippen LogP contribution in [0.4, 0.5) is 0 Å². The molecule has 1 aliphatic heterocycles. The molecule has 170 valence electrons. The molecule has 2 aromatic rings. The Balaban J connectivity index is 0.00000341. The van der Waals surface area contributed by atoms with Crippen LogP contribution in [0.1, 0.15) is 11.1 Å². The van der Waals surface area contributed by atoms with Gasteiger partial charge in [-0.05, 0) is 41.8 Å². The Labute approximate surface area is 196 Å². The Bertz CT molecular complexity index is 809. The minimum absolute atomic E-state index is 0.